The molecule has 3 rings (SSSR count). The molecule has 0 N–H and O–H groups in total. The van der Waals surface area contributed by atoms with Crippen molar-refractivity contribution in [2.45, 2.75) is 63.8 Å². The van der Waals surface area contributed by atoms with Crippen LogP contribution in [-0.4, -0.2) is 80.7 Å². The van der Waals surface area contributed by atoms with E-state index in [0.717, 1.165) is 30.2 Å². The number of carbonyl (C=O) groups excluding carboxylic acids is 2. The number of piperidine rings is 1. The number of hydrogen-bond donors (Lipinski definition) is 0. The van der Waals surface area contributed by atoms with Crippen LogP contribution in [0.2, 0.25) is 0 Å². The highest BCUT2D eigenvalue weighted by Crippen LogP contribution is 2.32. The molecule has 2 aromatic rings. The first-order valence-corrected chi connectivity index (χ1v) is 14.8. The number of likely N-dealkylation sites (N-methyl/N-ethyl adjacent to an activating group) is 1. The molecule has 1 aromatic carbocycles. The number of nitrogens with zero attached hydrogens (tertiary/aromatic N) is 4. The first-order valence-electron chi connectivity index (χ1n) is 13.4. The van der Waals surface area contributed by atoms with E-state index in [0.29, 0.717) is 29.3 Å². The first kappa shape index (κ1) is 30.6. The average Bonchev–Trinajstić information content (AvgIpc) is 2.91. The lowest BCUT2D eigenvalue weighted by Crippen LogP contribution is -2.51. The van der Waals surface area contributed by atoms with Gasteiger partial charge in [0, 0.05) is 64.7 Å². The maximum Gasteiger partial charge on any atom is 0.244 e. The summed E-state index contributed by atoms with van der Waals surface area (Å²) in [6.45, 7) is 9.10. The highest BCUT2D eigenvalue weighted by molar-refractivity contribution is 7.89. The van der Waals surface area contributed by atoms with Crippen molar-refractivity contribution in [3.8, 4) is 5.75 Å². The van der Waals surface area contributed by atoms with Gasteiger partial charge in [0.1, 0.15) is 5.75 Å². The molecule has 1 aliphatic heterocycles. The Bertz CT molecular complexity index is 1250. The minimum atomic E-state index is -3.97. The van der Waals surface area contributed by atoms with E-state index in [9.17, 15) is 18.0 Å². The van der Waals surface area contributed by atoms with Gasteiger partial charge in [0.2, 0.25) is 15.9 Å². The number of rotatable bonds is 11. The topological polar surface area (TPSA) is 100 Å². The highest BCUT2D eigenvalue weighted by Gasteiger charge is 2.40. The van der Waals surface area contributed by atoms with Crippen molar-refractivity contribution >= 4 is 27.4 Å². The summed E-state index contributed by atoms with van der Waals surface area (Å²) in [7, 11) is 0.753. The summed E-state index contributed by atoms with van der Waals surface area (Å²) >= 11 is 0. The van der Waals surface area contributed by atoms with E-state index in [2.05, 4.69) is 9.88 Å². The fourth-order valence-corrected chi connectivity index (χ4v) is 7.09. The number of methoxy groups -OCH3 is 1. The second-order valence-corrected chi connectivity index (χ2v) is 12.9. The summed E-state index contributed by atoms with van der Waals surface area (Å²) in [5.74, 6) is 0.563. The summed E-state index contributed by atoms with van der Waals surface area (Å²) < 4.78 is 33.5. The van der Waals surface area contributed by atoms with Crippen molar-refractivity contribution < 1.29 is 22.7 Å². The maximum absolute atomic E-state index is 13.6. The third-order valence-corrected chi connectivity index (χ3v) is 10.3. The number of aryl methyl sites for hydroxylation is 2. The maximum atomic E-state index is 13.6. The van der Waals surface area contributed by atoms with Gasteiger partial charge in [0.15, 0.2) is 5.78 Å². The van der Waals surface area contributed by atoms with Crippen LogP contribution in [-0.2, 0) is 19.6 Å². The number of carbonyl (C=O) groups is 2. The van der Waals surface area contributed by atoms with E-state index in [-0.39, 0.29) is 29.4 Å². The lowest BCUT2D eigenvalue weighted by Gasteiger charge is -2.35. The minimum absolute atomic E-state index is 0.0307. The molecule has 9 nitrogen and oxygen atoms in total. The van der Waals surface area contributed by atoms with Crippen LogP contribution in [0.4, 0.5) is 5.69 Å². The second kappa shape index (κ2) is 12.5. The van der Waals surface area contributed by atoms with Gasteiger partial charge in [-0.15, -0.1) is 0 Å². The first-order chi connectivity index (χ1) is 18.3. The van der Waals surface area contributed by atoms with Gasteiger partial charge in [0.25, 0.3) is 0 Å². The normalized spacial score (nSPS) is 14.9. The molecule has 1 saturated heterocycles. The van der Waals surface area contributed by atoms with Gasteiger partial charge in [-0.3, -0.25) is 14.6 Å². The van der Waals surface area contributed by atoms with E-state index in [4.69, 9.17) is 4.74 Å². The average molecular weight is 559 g/mol. The zero-order valence-corrected chi connectivity index (χ0v) is 25.0. The monoisotopic (exact) mass is 558 g/mol. The van der Waals surface area contributed by atoms with Gasteiger partial charge < -0.3 is 14.5 Å². The van der Waals surface area contributed by atoms with Crippen LogP contribution in [0.25, 0.3) is 0 Å². The summed E-state index contributed by atoms with van der Waals surface area (Å²) in [5, 5.41) is 0. The lowest BCUT2D eigenvalue weighted by molar-refractivity contribution is -0.134. The Hall–Kier alpha value is -2.98. The van der Waals surface area contributed by atoms with Crippen LogP contribution < -0.4 is 9.64 Å². The number of ether oxygens (including phenoxy) is 1. The minimum Gasteiger partial charge on any atom is -0.497 e. The fraction of sp³-hybridized carbons (Fsp3) is 0.552. The molecule has 0 bridgehead atoms. The number of aromatic nitrogens is 1. The molecular weight excluding hydrogens is 516 g/mol. The molecule has 1 aliphatic rings. The molecule has 1 fully saturated rings. The van der Waals surface area contributed by atoms with Crippen LogP contribution >= 0.6 is 0 Å². The SMILES string of the molecule is COc1cc(C)c(S(=O)(=O)N(C)C(C)(C)C(=O)CCC(=O)N(C)CC2CCN(c3ccncc3)CC2)c(C)c1. The molecule has 214 valence electrons. The van der Waals surface area contributed by atoms with E-state index >= 15 is 0 Å². The summed E-state index contributed by atoms with van der Waals surface area (Å²) in [4.78, 5) is 34.4. The fourth-order valence-electron chi connectivity index (χ4n) is 5.18. The van der Waals surface area contributed by atoms with Crippen LogP contribution in [0.3, 0.4) is 0 Å². The number of anilines is 1. The van der Waals surface area contributed by atoms with Crippen molar-refractivity contribution in [2.75, 3.05) is 45.7 Å². The standard InChI is InChI=1S/C29H42N4O5S/c1-21-18-25(38-7)19-22(2)28(21)39(36,37)32(6)29(3,4)26(34)8-9-27(35)31(5)20-23-12-16-33(17-13-23)24-10-14-30-15-11-24/h10-11,14-15,18-19,23H,8-9,12-13,16-17,20H2,1-7H3. The largest absolute Gasteiger partial charge is 0.497 e. The number of ketones is 1. The second-order valence-electron chi connectivity index (χ2n) is 11.0. The van der Waals surface area contributed by atoms with Crippen molar-refractivity contribution in [3.63, 3.8) is 0 Å². The summed E-state index contributed by atoms with van der Waals surface area (Å²) in [6.07, 6.45) is 5.58. The zero-order chi connectivity index (χ0) is 29.0. The van der Waals surface area contributed by atoms with Gasteiger partial charge >= 0.3 is 0 Å². The third kappa shape index (κ3) is 6.97. The lowest BCUT2D eigenvalue weighted by atomic mass is 9.94. The molecule has 0 radical (unpaired) electrons. The summed E-state index contributed by atoms with van der Waals surface area (Å²) in [5.41, 5.74) is 0.935. The molecule has 0 unspecified atom stereocenters. The van der Waals surface area contributed by atoms with Crippen molar-refractivity contribution in [1.29, 1.82) is 0 Å². The van der Waals surface area contributed by atoms with Crippen molar-refractivity contribution in [3.05, 3.63) is 47.8 Å². The number of Topliss-reactive ketones (excluding diaryl/α,β-unsaturated/α-hetero) is 1. The Morgan fingerprint density at radius 3 is 2.15 bits per heavy atom. The van der Waals surface area contributed by atoms with Crippen molar-refractivity contribution in [1.82, 2.24) is 14.2 Å². The van der Waals surface area contributed by atoms with Gasteiger partial charge in [-0.05, 0) is 81.8 Å². The quantitative estimate of drug-likeness (QED) is 0.413. The Morgan fingerprint density at radius 2 is 1.62 bits per heavy atom. The molecule has 10 heteroatoms. The zero-order valence-electron chi connectivity index (χ0n) is 24.2. The predicted molar refractivity (Wildman–Crippen MR) is 153 cm³/mol. The Labute approximate surface area is 233 Å². The smallest absolute Gasteiger partial charge is 0.244 e. The molecule has 39 heavy (non-hydrogen) atoms. The third-order valence-electron chi connectivity index (χ3n) is 7.92. The highest BCUT2D eigenvalue weighted by atomic mass is 32.2. The molecule has 0 spiro atoms. The van der Waals surface area contributed by atoms with Crippen LogP contribution in [0.1, 0.15) is 50.7 Å². The van der Waals surface area contributed by atoms with Gasteiger partial charge in [-0.2, -0.15) is 4.31 Å². The van der Waals surface area contributed by atoms with Crippen molar-refractivity contribution in [2.24, 2.45) is 5.92 Å². The van der Waals surface area contributed by atoms with Crippen LogP contribution in [0.15, 0.2) is 41.6 Å². The molecule has 0 aliphatic carbocycles. The van der Waals surface area contributed by atoms with E-state index in [1.54, 1.807) is 64.2 Å². The Balaban J connectivity index is 1.56. The van der Waals surface area contributed by atoms with Gasteiger partial charge in [-0.1, -0.05) is 0 Å². The molecule has 1 amide bonds. The molecular formula is C29H42N4O5S. The predicted octanol–water partition coefficient (Wildman–Crippen LogP) is 3.83. The number of amides is 1. The van der Waals surface area contributed by atoms with E-state index in [1.807, 2.05) is 12.1 Å². The van der Waals surface area contributed by atoms with E-state index in [1.165, 1.54) is 19.8 Å². The van der Waals surface area contributed by atoms with Gasteiger partial charge in [0.05, 0.1) is 17.5 Å². The number of benzene rings is 1. The Kier molecular flexibility index (Phi) is 9.77. The number of sulfonamides is 1. The van der Waals surface area contributed by atoms with Crippen LogP contribution in [0, 0.1) is 19.8 Å². The summed E-state index contributed by atoms with van der Waals surface area (Å²) in [6, 6.07) is 7.35. The number of hydrogen-bond acceptors (Lipinski definition) is 7. The van der Waals surface area contributed by atoms with E-state index < -0.39 is 15.6 Å². The van der Waals surface area contributed by atoms with Gasteiger partial charge in [-0.25, -0.2) is 8.42 Å². The molecule has 0 saturated carbocycles. The molecule has 1 aromatic heterocycles. The molecule has 2 heterocycles. The Morgan fingerprint density at radius 1 is 1.05 bits per heavy atom. The number of pyridine rings is 1. The van der Waals surface area contributed by atoms with Crippen LogP contribution in [0.5, 0.6) is 5.75 Å². The molecule has 0 atom stereocenters.